The highest BCUT2D eigenvalue weighted by atomic mass is 32.2. The summed E-state index contributed by atoms with van der Waals surface area (Å²) in [5.74, 6) is 0.642. The smallest absolute Gasteiger partial charge is 0.233 e. The zero-order chi connectivity index (χ0) is 23.4. The molecule has 1 amide bonds. The number of nitrogens with zero attached hydrogens (tertiary/aromatic N) is 3. The first-order valence-corrected chi connectivity index (χ1v) is 13.4. The Balaban J connectivity index is 1.63. The molecule has 1 saturated heterocycles. The van der Waals surface area contributed by atoms with E-state index in [1.165, 1.54) is 17.6 Å². The summed E-state index contributed by atoms with van der Waals surface area (Å²) in [6, 6.07) is 12.5. The number of thiazole rings is 1. The number of hydrogen-bond acceptors (Lipinski definition) is 8. The van der Waals surface area contributed by atoms with Crippen LogP contribution in [0.2, 0.25) is 0 Å². The second-order valence-corrected chi connectivity index (χ2v) is 10.9. The Morgan fingerprint density at radius 1 is 1.18 bits per heavy atom. The van der Waals surface area contributed by atoms with Crippen molar-refractivity contribution in [1.29, 1.82) is 0 Å². The van der Waals surface area contributed by atoms with Crippen molar-refractivity contribution < 1.29 is 22.7 Å². The molecule has 8 nitrogen and oxygen atoms in total. The molecule has 0 aliphatic carbocycles. The number of rotatable bonds is 8. The molecule has 0 N–H and O–H groups in total. The van der Waals surface area contributed by atoms with Gasteiger partial charge in [0.05, 0.1) is 36.3 Å². The Labute approximate surface area is 197 Å². The highest BCUT2D eigenvalue weighted by Gasteiger charge is 2.24. The fraction of sp³-hybridized carbons (Fsp3) is 0.391. The van der Waals surface area contributed by atoms with Gasteiger partial charge in [-0.05, 0) is 29.8 Å². The van der Waals surface area contributed by atoms with Crippen molar-refractivity contribution in [2.75, 3.05) is 57.7 Å². The summed E-state index contributed by atoms with van der Waals surface area (Å²) in [5.41, 5.74) is 1.28. The molecule has 2 heterocycles. The van der Waals surface area contributed by atoms with Crippen LogP contribution in [0.25, 0.3) is 10.2 Å². The number of fused-ring (bicyclic) bond motifs is 1. The molecule has 10 heteroatoms. The van der Waals surface area contributed by atoms with E-state index in [0.717, 1.165) is 29.1 Å². The van der Waals surface area contributed by atoms with Gasteiger partial charge in [-0.2, -0.15) is 0 Å². The van der Waals surface area contributed by atoms with Crippen molar-refractivity contribution >= 4 is 42.4 Å². The zero-order valence-corrected chi connectivity index (χ0v) is 20.3. The predicted molar refractivity (Wildman–Crippen MR) is 129 cm³/mol. The number of benzene rings is 2. The van der Waals surface area contributed by atoms with Crippen LogP contribution in [0.3, 0.4) is 0 Å². The summed E-state index contributed by atoms with van der Waals surface area (Å²) in [4.78, 5) is 22.1. The van der Waals surface area contributed by atoms with Gasteiger partial charge in [-0.3, -0.25) is 14.6 Å². The van der Waals surface area contributed by atoms with E-state index in [-0.39, 0.29) is 17.2 Å². The number of sulfone groups is 1. The van der Waals surface area contributed by atoms with Crippen molar-refractivity contribution in [3.05, 3.63) is 48.0 Å². The van der Waals surface area contributed by atoms with Crippen molar-refractivity contribution in [3.8, 4) is 5.75 Å². The van der Waals surface area contributed by atoms with Crippen molar-refractivity contribution in [1.82, 2.24) is 9.88 Å². The normalized spacial score (nSPS) is 15.0. The molecule has 33 heavy (non-hydrogen) atoms. The summed E-state index contributed by atoms with van der Waals surface area (Å²) in [6.45, 7) is 4.14. The van der Waals surface area contributed by atoms with Crippen molar-refractivity contribution in [2.45, 2.75) is 11.3 Å². The minimum atomic E-state index is -3.44. The number of anilines is 1. The SMILES string of the molecule is COc1ccc(CC(=O)N(CCN2CCOCC2)c2nc3c(S(C)(=O)=O)cccc3s2)cc1. The average molecular weight is 490 g/mol. The number of carbonyl (C=O) groups excluding carboxylic acids is 1. The number of para-hydroxylation sites is 1. The summed E-state index contributed by atoms with van der Waals surface area (Å²) >= 11 is 1.33. The van der Waals surface area contributed by atoms with Gasteiger partial charge in [0, 0.05) is 32.4 Å². The summed E-state index contributed by atoms with van der Waals surface area (Å²) in [5, 5.41) is 0.507. The van der Waals surface area contributed by atoms with E-state index in [4.69, 9.17) is 9.47 Å². The Morgan fingerprint density at radius 2 is 1.91 bits per heavy atom. The monoisotopic (exact) mass is 489 g/mol. The lowest BCUT2D eigenvalue weighted by Crippen LogP contribution is -2.43. The molecule has 1 aromatic heterocycles. The van der Waals surface area contributed by atoms with Crippen LogP contribution < -0.4 is 9.64 Å². The van der Waals surface area contributed by atoms with Crippen LogP contribution in [0.15, 0.2) is 47.4 Å². The van der Waals surface area contributed by atoms with Gasteiger partial charge in [-0.15, -0.1) is 0 Å². The molecule has 4 rings (SSSR count). The standard InChI is InChI=1S/C23H27N3O5S2/c1-30-18-8-6-17(7-9-18)16-21(27)26(11-10-25-12-14-31-15-13-25)23-24-22-19(32-23)4-3-5-20(22)33(2,28)29/h3-9H,10-16H2,1-2H3. The number of morpholine rings is 1. The first-order chi connectivity index (χ1) is 15.8. The van der Waals surface area contributed by atoms with E-state index >= 15 is 0 Å². The van der Waals surface area contributed by atoms with Gasteiger partial charge in [0.2, 0.25) is 5.91 Å². The molecule has 0 unspecified atom stereocenters. The average Bonchev–Trinajstić information content (AvgIpc) is 3.23. The van der Waals surface area contributed by atoms with Gasteiger partial charge in [-0.25, -0.2) is 13.4 Å². The third-order valence-electron chi connectivity index (χ3n) is 5.56. The first-order valence-electron chi connectivity index (χ1n) is 10.7. The maximum Gasteiger partial charge on any atom is 0.233 e. The van der Waals surface area contributed by atoms with Gasteiger partial charge >= 0.3 is 0 Å². The Kier molecular flexibility index (Phi) is 7.28. The van der Waals surface area contributed by atoms with Gasteiger partial charge < -0.3 is 9.47 Å². The minimum absolute atomic E-state index is 0.0895. The molecule has 1 fully saturated rings. The summed E-state index contributed by atoms with van der Waals surface area (Å²) in [6.07, 6.45) is 1.38. The molecule has 0 atom stereocenters. The molecule has 0 spiro atoms. The molecule has 1 aliphatic heterocycles. The number of hydrogen-bond donors (Lipinski definition) is 0. The zero-order valence-electron chi connectivity index (χ0n) is 18.7. The number of aromatic nitrogens is 1. The van der Waals surface area contributed by atoms with Crippen molar-refractivity contribution in [2.24, 2.45) is 0 Å². The minimum Gasteiger partial charge on any atom is -0.497 e. The van der Waals surface area contributed by atoms with E-state index in [1.54, 1.807) is 24.1 Å². The molecule has 1 aliphatic rings. The topological polar surface area (TPSA) is 89.0 Å². The molecule has 0 saturated carbocycles. The molecule has 176 valence electrons. The van der Waals surface area contributed by atoms with Gasteiger partial charge in [0.15, 0.2) is 15.0 Å². The first kappa shape index (κ1) is 23.6. The van der Waals surface area contributed by atoms with Crippen molar-refractivity contribution in [3.63, 3.8) is 0 Å². The van der Waals surface area contributed by atoms with Gasteiger partial charge in [-0.1, -0.05) is 29.5 Å². The van der Waals surface area contributed by atoms with E-state index in [1.807, 2.05) is 30.3 Å². The van der Waals surface area contributed by atoms with Gasteiger partial charge in [0.25, 0.3) is 0 Å². The fourth-order valence-electron chi connectivity index (χ4n) is 3.73. The fourth-order valence-corrected chi connectivity index (χ4v) is 5.67. The second-order valence-electron chi connectivity index (χ2n) is 7.90. The molecule has 3 aromatic rings. The lowest BCUT2D eigenvalue weighted by molar-refractivity contribution is -0.118. The second kappa shape index (κ2) is 10.2. The Hall–Kier alpha value is -2.53. The van der Waals surface area contributed by atoms with Crippen LogP contribution in [0.5, 0.6) is 5.75 Å². The largest absolute Gasteiger partial charge is 0.497 e. The van der Waals surface area contributed by atoms with E-state index < -0.39 is 9.84 Å². The maximum absolute atomic E-state index is 13.4. The number of amides is 1. The van der Waals surface area contributed by atoms with Crippen LogP contribution in [0.4, 0.5) is 5.13 Å². The van der Waals surface area contributed by atoms with Crippen LogP contribution >= 0.6 is 11.3 Å². The lowest BCUT2D eigenvalue weighted by Gasteiger charge is -2.29. The molecular weight excluding hydrogens is 462 g/mol. The highest BCUT2D eigenvalue weighted by Crippen LogP contribution is 2.33. The maximum atomic E-state index is 13.4. The third-order valence-corrected chi connectivity index (χ3v) is 7.73. The molecular formula is C23H27N3O5S2. The van der Waals surface area contributed by atoms with E-state index in [9.17, 15) is 13.2 Å². The lowest BCUT2D eigenvalue weighted by atomic mass is 10.1. The molecule has 2 aromatic carbocycles. The highest BCUT2D eigenvalue weighted by molar-refractivity contribution is 7.91. The number of ether oxygens (including phenoxy) is 2. The summed E-state index contributed by atoms with van der Waals surface area (Å²) in [7, 11) is -1.84. The van der Waals surface area contributed by atoms with E-state index in [2.05, 4.69) is 9.88 Å². The Bertz CT molecular complexity index is 1220. The number of carbonyl (C=O) groups is 1. The van der Waals surface area contributed by atoms with Crippen LogP contribution in [0.1, 0.15) is 5.56 Å². The quantitative estimate of drug-likeness (QED) is 0.481. The number of methoxy groups -OCH3 is 1. The predicted octanol–water partition coefficient (Wildman–Crippen LogP) is 2.62. The van der Waals surface area contributed by atoms with Crippen LogP contribution in [-0.4, -0.2) is 77.0 Å². The van der Waals surface area contributed by atoms with E-state index in [0.29, 0.717) is 37.0 Å². The molecule has 0 bridgehead atoms. The van der Waals surface area contributed by atoms with Crippen LogP contribution in [0, 0.1) is 0 Å². The Morgan fingerprint density at radius 3 is 2.58 bits per heavy atom. The van der Waals surface area contributed by atoms with Gasteiger partial charge in [0.1, 0.15) is 11.3 Å². The molecule has 0 radical (unpaired) electrons. The summed E-state index contributed by atoms with van der Waals surface area (Å²) < 4.78 is 35.8. The van der Waals surface area contributed by atoms with Crippen LogP contribution in [-0.2, 0) is 25.8 Å². The third kappa shape index (κ3) is 5.70.